The molecule has 1 atom stereocenters. The number of esters is 1. The summed E-state index contributed by atoms with van der Waals surface area (Å²) in [5.74, 6) is -0.352. The van der Waals surface area contributed by atoms with Crippen LogP contribution in [0, 0.1) is 0 Å². The van der Waals surface area contributed by atoms with E-state index in [1.54, 1.807) is 0 Å². The van der Waals surface area contributed by atoms with Gasteiger partial charge in [0.15, 0.2) is 0 Å². The number of carbonyl (C=O) groups is 1. The first-order valence-corrected chi connectivity index (χ1v) is 6.09. The fourth-order valence-electron chi connectivity index (χ4n) is 1.94. The predicted molar refractivity (Wildman–Crippen MR) is 78.5 cm³/mol. The first kappa shape index (κ1) is 15.5. The van der Waals surface area contributed by atoms with E-state index in [0.717, 1.165) is 16.5 Å². The van der Waals surface area contributed by atoms with Crippen LogP contribution >= 0.6 is 12.4 Å². The lowest BCUT2D eigenvalue weighted by atomic mass is 10.1. The molecule has 0 aliphatic rings. The van der Waals surface area contributed by atoms with E-state index in [1.165, 1.54) is 0 Å². The summed E-state index contributed by atoms with van der Waals surface area (Å²) in [4.78, 5) is 14.8. The van der Waals surface area contributed by atoms with Crippen molar-refractivity contribution < 1.29 is 9.53 Å². The second-order valence-electron chi connectivity index (χ2n) is 4.66. The Morgan fingerprint density at radius 3 is 2.74 bits per heavy atom. The highest BCUT2D eigenvalue weighted by atomic mass is 35.5. The third kappa shape index (κ3) is 3.72. The molecule has 2 rings (SSSR count). The highest BCUT2D eigenvalue weighted by Gasteiger charge is 2.18. The maximum Gasteiger partial charge on any atom is 0.323 e. The van der Waals surface area contributed by atoms with E-state index in [0.29, 0.717) is 6.42 Å². The third-order valence-electron chi connectivity index (χ3n) is 2.77. The highest BCUT2D eigenvalue weighted by Crippen LogP contribution is 2.18. The lowest BCUT2D eigenvalue weighted by molar-refractivity contribution is -0.148. The number of carbonyl (C=O) groups excluding carboxylic acids is 1. The zero-order valence-corrected chi connectivity index (χ0v) is 11.9. The standard InChI is InChI=1S/C14H18N2O2.ClH/c1-9(2)18-14(17)12(15)7-10-8-16-13-6-4-3-5-11(10)13;/h3-6,8-9,12,16H,7,15H2,1-2H3;1H/t12-;/m0./s1. The smallest absolute Gasteiger partial charge is 0.323 e. The van der Waals surface area contributed by atoms with Crippen molar-refractivity contribution in [3.63, 3.8) is 0 Å². The summed E-state index contributed by atoms with van der Waals surface area (Å²) in [6, 6.07) is 7.33. The first-order valence-electron chi connectivity index (χ1n) is 6.09. The highest BCUT2D eigenvalue weighted by molar-refractivity contribution is 5.85. The molecule has 0 aliphatic carbocycles. The number of hydrogen-bond acceptors (Lipinski definition) is 3. The van der Waals surface area contributed by atoms with Crippen LogP contribution in [0.15, 0.2) is 30.5 Å². The Morgan fingerprint density at radius 2 is 2.05 bits per heavy atom. The number of nitrogens with two attached hydrogens (primary N) is 1. The average Bonchev–Trinajstić information content (AvgIpc) is 2.72. The molecule has 2 aromatic rings. The number of halogens is 1. The van der Waals surface area contributed by atoms with Crippen molar-refractivity contribution >= 4 is 29.3 Å². The Kier molecular flexibility index (Phi) is 5.39. The Labute approximate surface area is 118 Å². The largest absolute Gasteiger partial charge is 0.462 e. The lowest BCUT2D eigenvalue weighted by Gasteiger charge is -2.13. The first-order chi connectivity index (χ1) is 8.58. The number of fused-ring (bicyclic) bond motifs is 1. The SMILES string of the molecule is CC(C)OC(=O)[C@@H](N)Cc1c[nH]c2ccccc12.Cl. The summed E-state index contributed by atoms with van der Waals surface area (Å²) < 4.78 is 5.10. The number of aromatic nitrogens is 1. The predicted octanol–water partition coefficient (Wildman–Crippen LogP) is 2.41. The van der Waals surface area contributed by atoms with Crippen molar-refractivity contribution in [3.8, 4) is 0 Å². The molecule has 0 bridgehead atoms. The minimum atomic E-state index is -0.619. The number of hydrogen-bond donors (Lipinski definition) is 2. The fourth-order valence-corrected chi connectivity index (χ4v) is 1.94. The van der Waals surface area contributed by atoms with Crippen molar-refractivity contribution in [1.82, 2.24) is 4.98 Å². The molecule has 5 heteroatoms. The Bertz CT molecular complexity index is 551. The van der Waals surface area contributed by atoms with E-state index in [4.69, 9.17) is 10.5 Å². The number of para-hydroxylation sites is 1. The summed E-state index contributed by atoms with van der Waals surface area (Å²) in [5.41, 5.74) is 7.95. The minimum absolute atomic E-state index is 0. The van der Waals surface area contributed by atoms with E-state index >= 15 is 0 Å². The van der Waals surface area contributed by atoms with Crippen molar-refractivity contribution in [2.45, 2.75) is 32.4 Å². The van der Waals surface area contributed by atoms with Crippen LogP contribution in [-0.2, 0) is 16.0 Å². The maximum absolute atomic E-state index is 11.7. The van der Waals surface area contributed by atoms with Crippen LogP contribution < -0.4 is 5.73 Å². The summed E-state index contributed by atoms with van der Waals surface area (Å²) in [6.07, 6.45) is 2.24. The van der Waals surface area contributed by atoms with Crippen LogP contribution in [-0.4, -0.2) is 23.1 Å². The third-order valence-corrected chi connectivity index (χ3v) is 2.77. The number of H-pyrrole nitrogens is 1. The molecular weight excluding hydrogens is 264 g/mol. The van der Waals surface area contributed by atoms with Gasteiger partial charge in [-0.1, -0.05) is 18.2 Å². The zero-order chi connectivity index (χ0) is 13.1. The van der Waals surface area contributed by atoms with Gasteiger partial charge in [-0.05, 0) is 25.5 Å². The van der Waals surface area contributed by atoms with E-state index < -0.39 is 6.04 Å². The Hall–Kier alpha value is -1.52. The van der Waals surface area contributed by atoms with Crippen molar-refractivity contribution in [3.05, 3.63) is 36.0 Å². The molecule has 0 amide bonds. The van der Waals surface area contributed by atoms with Crippen LogP contribution in [0.4, 0.5) is 0 Å². The number of aromatic amines is 1. The topological polar surface area (TPSA) is 68.1 Å². The molecule has 1 aromatic heterocycles. The molecule has 1 aromatic carbocycles. The molecule has 0 unspecified atom stereocenters. The molecule has 0 saturated heterocycles. The zero-order valence-electron chi connectivity index (χ0n) is 11.1. The van der Waals surface area contributed by atoms with Crippen LogP contribution in [0.3, 0.4) is 0 Å². The maximum atomic E-state index is 11.7. The van der Waals surface area contributed by atoms with Gasteiger partial charge in [-0.15, -0.1) is 12.4 Å². The van der Waals surface area contributed by atoms with Crippen molar-refractivity contribution in [1.29, 1.82) is 0 Å². The molecule has 0 saturated carbocycles. The Balaban J connectivity index is 0.00000180. The molecule has 19 heavy (non-hydrogen) atoms. The second-order valence-corrected chi connectivity index (χ2v) is 4.66. The van der Waals surface area contributed by atoms with Crippen LogP contribution in [0.1, 0.15) is 19.4 Å². The van der Waals surface area contributed by atoms with Crippen LogP contribution in [0.2, 0.25) is 0 Å². The summed E-state index contributed by atoms with van der Waals surface area (Å²) in [5, 5.41) is 1.10. The van der Waals surface area contributed by atoms with Gasteiger partial charge < -0.3 is 15.5 Å². The van der Waals surface area contributed by atoms with E-state index in [-0.39, 0.29) is 24.5 Å². The van der Waals surface area contributed by atoms with Gasteiger partial charge in [-0.3, -0.25) is 4.79 Å². The summed E-state index contributed by atoms with van der Waals surface area (Å²) in [6.45, 7) is 3.63. The monoisotopic (exact) mass is 282 g/mol. The fraction of sp³-hybridized carbons (Fsp3) is 0.357. The van der Waals surface area contributed by atoms with Gasteiger partial charge >= 0.3 is 5.97 Å². The van der Waals surface area contributed by atoms with E-state index in [2.05, 4.69) is 4.98 Å². The minimum Gasteiger partial charge on any atom is -0.462 e. The normalized spacial score (nSPS) is 12.2. The molecule has 3 N–H and O–H groups in total. The van der Waals surface area contributed by atoms with Gasteiger partial charge in [0, 0.05) is 23.5 Å². The molecule has 0 fully saturated rings. The van der Waals surface area contributed by atoms with Gasteiger partial charge in [0.2, 0.25) is 0 Å². The van der Waals surface area contributed by atoms with E-state index in [9.17, 15) is 4.79 Å². The number of ether oxygens (including phenoxy) is 1. The van der Waals surface area contributed by atoms with Gasteiger partial charge in [-0.25, -0.2) is 0 Å². The molecule has 104 valence electrons. The lowest BCUT2D eigenvalue weighted by Crippen LogP contribution is -2.35. The average molecular weight is 283 g/mol. The molecule has 0 aliphatic heterocycles. The Morgan fingerprint density at radius 1 is 1.37 bits per heavy atom. The van der Waals surface area contributed by atoms with Crippen LogP contribution in [0.5, 0.6) is 0 Å². The number of rotatable bonds is 4. The molecule has 0 spiro atoms. The molecule has 4 nitrogen and oxygen atoms in total. The van der Waals surface area contributed by atoms with Gasteiger partial charge in [0.1, 0.15) is 6.04 Å². The second kappa shape index (κ2) is 6.59. The summed E-state index contributed by atoms with van der Waals surface area (Å²) >= 11 is 0. The van der Waals surface area contributed by atoms with Gasteiger partial charge in [-0.2, -0.15) is 0 Å². The van der Waals surface area contributed by atoms with Crippen molar-refractivity contribution in [2.24, 2.45) is 5.73 Å². The van der Waals surface area contributed by atoms with Crippen LogP contribution in [0.25, 0.3) is 10.9 Å². The summed E-state index contributed by atoms with van der Waals surface area (Å²) in [7, 11) is 0. The number of nitrogens with one attached hydrogen (secondary N) is 1. The molecule has 1 heterocycles. The molecular formula is C14H19ClN2O2. The van der Waals surface area contributed by atoms with Gasteiger partial charge in [0.25, 0.3) is 0 Å². The number of benzene rings is 1. The van der Waals surface area contributed by atoms with Crippen molar-refractivity contribution in [2.75, 3.05) is 0 Å². The quantitative estimate of drug-likeness (QED) is 0.846. The van der Waals surface area contributed by atoms with E-state index in [1.807, 2.05) is 44.3 Å². The van der Waals surface area contributed by atoms with Gasteiger partial charge in [0.05, 0.1) is 6.10 Å². The molecule has 0 radical (unpaired) electrons.